The maximum atomic E-state index is 11.0. The van der Waals surface area contributed by atoms with Crippen LogP contribution in [0.2, 0.25) is 0 Å². The first-order valence-electron chi connectivity index (χ1n) is 3.83. The highest BCUT2D eigenvalue weighted by Gasteiger charge is 2.33. The highest BCUT2D eigenvalue weighted by atomic mass is 16.7. The number of amides is 1. The molecule has 0 aromatic carbocycles. The largest absolute Gasteiger partial charge is 0.273 e. The van der Waals surface area contributed by atoms with Gasteiger partial charge in [-0.2, -0.15) is 0 Å². The molecule has 2 heterocycles. The van der Waals surface area contributed by atoms with Crippen LogP contribution in [0.3, 0.4) is 0 Å². The molecule has 0 aliphatic carbocycles. The Morgan fingerprint density at radius 2 is 2.40 bits per heavy atom. The van der Waals surface area contributed by atoms with E-state index in [0.29, 0.717) is 12.5 Å². The number of hydrogen-bond donors (Lipinski definition) is 0. The molecule has 3 heteroatoms. The molecule has 0 spiro atoms. The zero-order chi connectivity index (χ0) is 6.97. The SMILES string of the molecule is O=C1CCC2CCCON12. The molecule has 0 bridgehead atoms. The van der Waals surface area contributed by atoms with Crippen LogP contribution < -0.4 is 0 Å². The lowest BCUT2D eigenvalue weighted by Crippen LogP contribution is -2.37. The Bertz CT molecular complexity index is 158. The van der Waals surface area contributed by atoms with Gasteiger partial charge in [-0.15, -0.1) is 0 Å². The molecule has 0 aromatic rings. The van der Waals surface area contributed by atoms with E-state index in [0.717, 1.165) is 25.9 Å². The molecule has 10 heavy (non-hydrogen) atoms. The third-order valence-corrected chi connectivity index (χ3v) is 2.18. The Hall–Kier alpha value is -0.570. The van der Waals surface area contributed by atoms with E-state index in [4.69, 9.17) is 4.84 Å². The van der Waals surface area contributed by atoms with Gasteiger partial charge in [-0.05, 0) is 19.3 Å². The average Bonchev–Trinajstić information content (AvgIpc) is 2.34. The molecular weight excluding hydrogens is 130 g/mol. The van der Waals surface area contributed by atoms with Gasteiger partial charge in [0.1, 0.15) is 0 Å². The molecule has 56 valence electrons. The first kappa shape index (κ1) is 6.16. The normalized spacial score (nSPS) is 32.6. The predicted molar refractivity (Wildman–Crippen MR) is 35.1 cm³/mol. The van der Waals surface area contributed by atoms with Gasteiger partial charge in [0.05, 0.1) is 12.6 Å². The molecule has 2 aliphatic heterocycles. The van der Waals surface area contributed by atoms with E-state index in [9.17, 15) is 4.79 Å². The van der Waals surface area contributed by atoms with Gasteiger partial charge in [0.15, 0.2) is 0 Å². The zero-order valence-corrected chi connectivity index (χ0v) is 5.88. The molecule has 2 fully saturated rings. The summed E-state index contributed by atoms with van der Waals surface area (Å²) in [5.74, 6) is 0.171. The number of hydrogen-bond acceptors (Lipinski definition) is 2. The third kappa shape index (κ3) is 0.814. The van der Waals surface area contributed by atoms with Crippen molar-refractivity contribution in [1.29, 1.82) is 0 Å². The third-order valence-electron chi connectivity index (χ3n) is 2.18. The lowest BCUT2D eigenvalue weighted by atomic mass is 10.1. The zero-order valence-electron chi connectivity index (χ0n) is 5.88. The van der Waals surface area contributed by atoms with Crippen LogP contribution in [0.15, 0.2) is 0 Å². The molecule has 2 rings (SSSR count). The van der Waals surface area contributed by atoms with Gasteiger partial charge in [-0.3, -0.25) is 9.63 Å². The highest BCUT2D eigenvalue weighted by molar-refractivity contribution is 5.77. The van der Waals surface area contributed by atoms with E-state index < -0.39 is 0 Å². The number of rotatable bonds is 0. The molecule has 2 saturated heterocycles. The van der Waals surface area contributed by atoms with Crippen LogP contribution in [0.1, 0.15) is 25.7 Å². The van der Waals surface area contributed by atoms with Gasteiger partial charge in [0, 0.05) is 6.42 Å². The molecular formula is C7H11NO2. The van der Waals surface area contributed by atoms with Crippen LogP contribution in [-0.4, -0.2) is 23.6 Å². The molecule has 1 unspecified atom stereocenters. The Morgan fingerprint density at radius 3 is 3.20 bits per heavy atom. The second-order valence-electron chi connectivity index (χ2n) is 2.89. The summed E-state index contributed by atoms with van der Waals surface area (Å²) < 4.78 is 0. The van der Waals surface area contributed by atoms with Crippen LogP contribution in [0.25, 0.3) is 0 Å². The van der Waals surface area contributed by atoms with Gasteiger partial charge in [0.2, 0.25) is 5.91 Å². The number of carbonyl (C=O) groups excluding carboxylic acids is 1. The molecule has 1 atom stereocenters. The summed E-state index contributed by atoms with van der Waals surface area (Å²) in [7, 11) is 0. The monoisotopic (exact) mass is 141 g/mol. The number of nitrogens with zero attached hydrogens (tertiary/aromatic N) is 1. The fraction of sp³-hybridized carbons (Fsp3) is 0.857. The van der Waals surface area contributed by atoms with Crippen LogP contribution >= 0.6 is 0 Å². The van der Waals surface area contributed by atoms with E-state index in [2.05, 4.69) is 0 Å². The number of fused-ring (bicyclic) bond motifs is 1. The van der Waals surface area contributed by atoms with Gasteiger partial charge in [-0.25, -0.2) is 5.06 Å². The summed E-state index contributed by atoms with van der Waals surface area (Å²) in [5, 5.41) is 1.57. The van der Waals surface area contributed by atoms with E-state index in [1.807, 2.05) is 0 Å². The van der Waals surface area contributed by atoms with Crippen LogP contribution in [0.4, 0.5) is 0 Å². The Morgan fingerprint density at radius 1 is 1.50 bits per heavy atom. The smallest absolute Gasteiger partial charge is 0.246 e. The Balaban J connectivity index is 2.08. The van der Waals surface area contributed by atoms with Crippen LogP contribution in [-0.2, 0) is 9.63 Å². The summed E-state index contributed by atoms with van der Waals surface area (Å²) in [6.07, 6.45) is 3.92. The van der Waals surface area contributed by atoms with Crippen molar-refractivity contribution in [3.05, 3.63) is 0 Å². The summed E-state index contributed by atoms with van der Waals surface area (Å²) in [6, 6.07) is 0.404. The summed E-state index contributed by atoms with van der Waals surface area (Å²) >= 11 is 0. The van der Waals surface area contributed by atoms with Crippen molar-refractivity contribution in [3.63, 3.8) is 0 Å². The highest BCUT2D eigenvalue weighted by Crippen LogP contribution is 2.26. The maximum absolute atomic E-state index is 11.0. The first-order valence-corrected chi connectivity index (χ1v) is 3.83. The summed E-state index contributed by atoms with van der Waals surface area (Å²) in [6.45, 7) is 0.724. The minimum absolute atomic E-state index is 0.171. The quantitative estimate of drug-likeness (QED) is 0.497. The van der Waals surface area contributed by atoms with Gasteiger partial charge in [0.25, 0.3) is 0 Å². The first-order chi connectivity index (χ1) is 4.88. The van der Waals surface area contributed by atoms with E-state index in [1.165, 1.54) is 0 Å². The predicted octanol–water partition coefficient (Wildman–Crippen LogP) is 0.703. The molecule has 2 aliphatic rings. The van der Waals surface area contributed by atoms with E-state index >= 15 is 0 Å². The van der Waals surface area contributed by atoms with Crippen molar-refractivity contribution >= 4 is 5.91 Å². The minimum Gasteiger partial charge on any atom is -0.273 e. The second kappa shape index (κ2) is 2.23. The standard InChI is InChI=1S/C7H11NO2/c9-7-4-3-6-2-1-5-10-8(6)7/h6H,1-5H2. The number of carbonyl (C=O) groups is 1. The van der Waals surface area contributed by atoms with Crippen molar-refractivity contribution in [2.45, 2.75) is 31.7 Å². The number of hydroxylamine groups is 2. The van der Waals surface area contributed by atoms with E-state index in [1.54, 1.807) is 5.06 Å². The topological polar surface area (TPSA) is 29.5 Å². The van der Waals surface area contributed by atoms with Crippen LogP contribution in [0.5, 0.6) is 0 Å². The molecule has 0 saturated carbocycles. The molecule has 0 radical (unpaired) electrons. The fourth-order valence-corrected chi connectivity index (χ4v) is 1.64. The van der Waals surface area contributed by atoms with Crippen molar-refractivity contribution in [2.75, 3.05) is 6.61 Å². The average molecular weight is 141 g/mol. The van der Waals surface area contributed by atoms with Crippen LogP contribution in [0, 0.1) is 0 Å². The summed E-state index contributed by atoms with van der Waals surface area (Å²) in [4.78, 5) is 16.2. The molecule has 0 N–H and O–H groups in total. The molecule has 1 amide bonds. The molecule has 3 nitrogen and oxygen atoms in total. The van der Waals surface area contributed by atoms with Crippen molar-refractivity contribution < 1.29 is 9.63 Å². The Labute approximate surface area is 59.9 Å². The van der Waals surface area contributed by atoms with Gasteiger partial charge >= 0.3 is 0 Å². The lowest BCUT2D eigenvalue weighted by Gasteiger charge is -2.28. The van der Waals surface area contributed by atoms with Crippen molar-refractivity contribution in [2.24, 2.45) is 0 Å². The maximum Gasteiger partial charge on any atom is 0.246 e. The van der Waals surface area contributed by atoms with Gasteiger partial charge < -0.3 is 0 Å². The van der Waals surface area contributed by atoms with E-state index in [-0.39, 0.29) is 5.91 Å². The minimum atomic E-state index is 0.171. The second-order valence-corrected chi connectivity index (χ2v) is 2.89. The lowest BCUT2D eigenvalue weighted by molar-refractivity contribution is -0.202. The fourth-order valence-electron chi connectivity index (χ4n) is 1.64. The molecule has 0 aromatic heterocycles. The van der Waals surface area contributed by atoms with Crippen molar-refractivity contribution in [1.82, 2.24) is 5.06 Å². The van der Waals surface area contributed by atoms with Gasteiger partial charge in [-0.1, -0.05) is 0 Å². The Kier molecular flexibility index (Phi) is 1.38. The summed E-state index contributed by atoms with van der Waals surface area (Å²) in [5.41, 5.74) is 0. The van der Waals surface area contributed by atoms with Crippen molar-refractivity contribution in [3.8, 4) is 0 Å².